The van der Waals surface area contributed by atoms with Crippen molar-refractivity contribution >= 4 is 46.6 Å². The third-order valence-corrected chi connectivity index (χ3v) is 7.20. The van der Waals surface area contributed by atoms with Gasteiger partial charge in [0.25, 0.3) is 5.91 Å². The molecule has 1 aliphatic heterocycles. The van der Waals surface area contributed by atoms with E-state index < -0.39 is 0 Å². The zero-order valence-corrected chi connectivity index (χ0v) is 18.3. The highest BCUT2D eigenvalue weighted by molar-refractivity contribution is 7.11. The van der Waals surface area contributed by atoms with Crippen molar-refractivity contribution in [1.82, 2.24) is 5.01 Å². The van der Waals surface area contributed by atoms with Gasteiger partial charge in [-0.05, 0) is 65.9 Å². The van der Waals surface area contributed by atoms with Crippen LogP contribution in [0, 0.1) is 5.92 Å². The fraction of sp³-hybridized carbons (Fsp3) is 0.261. The summed E-state index contributed by atoms with van der Waals surface area (Å²) >= 11 is 3.38. The Labute approximate surface area is 188 Å². The van der Waals surface area contributed by atoms with E-state index >= 15 is 0 Å². The Hall–Kier alpha value is -2.97. The number of nitrogens with zero attached hydrogens (tertiary/aromatic N) is 3. The molecule has 1 saturated carbocycles. The van der Waals surface area contributed by atoms with Crippen LogP contribution in [0.5, 0.6) is 0 Å². The molecule has 158 valence electrons. The second kappa shape index (κ2) is 9.03. The van der Waals surface area contributed by atoms with Gasteiger partial charge in [-0.15, -0.1) is 22.7 Å². The third kappa shape index (κ3) is 4.26. The highest BCUT2D eigenvalue weighted by Gasteiger charge is 2.44. The molecule has 2 aliphatic rings. The number of hydrazone groups is 1. The Morgan fingerprint density at radius 1 is 1.26 bits per heavy atom. The lowest BCUT2D eigenvalue weighted by Crippen LogP contribution is -2.33. The van der Waals surface area contributed by atoms with E-state index in [2.05, 4.69) is 34.8 Å². The maximum absolute atomic E-state index is 13.1. The highest BCUT2D eigenvalue weighted by atomic mass is 32.1. The van der Waals surface area contributed by atoms with Crippen LogP contribution in [-0.2, 0) is 9.63 Å². The largest absolute Gasteiger partial charge is 0.463 e. The number of furan rings is 1. The van der Waals surface area contributed by atoms with Gasteiger partial charge in [0, 0.05) is 15.7 Å². The maximum atomic E-state index is 13.1. The van der Waals surface area contributed by atoms with Gasteiger partial charge < -0.3 is 9.25 Å². The minimum absolute atomic E-state index is 0.0906. The molecular formula is C23H21N3O3S2. The van der Waals surface area contributed by atoms with E-state index in [1.807, 2.05) is 11.4 Å². The lowest BCUT2D eigenvalue weighted by molar-refractivity contribution is -0.138. The first kappa shape index (κ1) is 20.0. The summed E-state index contributed by atoms with van der Waals surface area (Å²) in [6.07, 6.45) is 8.32. The maximum Gasteiger partial charge on any atom is 0.284 e. The molecule has 1 fully saturated rings. The fourth-order valence-electron chi connectivity index (χ4n) is 4.10. The van der Waals surface area contributed by atoms with E-state index in [1.54, 1.807) is 46.1 Å². The molecule has 0 saturated heterocycles. The minimum atomic E-state index is -0.202. The van der Waals surface area contributed by atoms with E-state index in [1.165, 1.54) is 16.7 Å². The third-order valence-electron chi connectivity index (χ3n) is 5.44. The zero-order valence-electron chi connectivity index (χ0n) is 16.7. The van der Waals surface area contributed by atoms with Gasteiger partial charge in [-0.25, -0.2) is 5.01 Å². The monoisotopic (exact) mass is 451 g/mol. The Bertz CT molecular complexity index is 1100. The number of carbonyl (C=O) groups excluding carboxylic acids is 1. The summed E-state index contributed by atoms with van der Waals surface area (Å²) in [5.74, 6) is 0.571. The number of hydrogen-bond donors (Lipinski definition) is 0. The first-order chi connectivity index (χ1) is 15.3. The van der Waals surface area contributed by atoms with Crippen LogP contribution in [0.4, 0.5) is 0 Å². The number of oxime groups is 1. The number of fused-ring (bicyclic) bond motifs is 1. The van der Waals surface area contributed by atoms with Crippen molar-refractivity contribution in [2.24, 2.45) is 16.2 Å². The van der Waals surface area contributed by atoms with Crippen molar-refractivity contribution < 1.29 is 14.0 Å². The molecular weight excluding hydrogens is 430 g/mol. The molecule has 0 radical (unpaired) electrons. The van der Waals surface area contributed by atoms with E-state index in [9.17, 15) is 4.79 Å². The first-order valence-corrected chi connectivity index (χ1v) is 11.9. The topological polar surface area (TPSA) is 67.4 Å². The predicted molar refractivity (Wildman–Crippen MR) is 123 cm³/mol. The quantitative estimate of drug-likeness (QED) is 0.363. The summed E-state index contributed by atoms with van der Waals surface area (Å²) in [5.41, 5.74) is 2.26. The SMILES string of the molecule is O=C(CO/N=C/c1ccco1)N1N=C2/C(=C/c3cccs3)CCCC2C1c1cccs1. The summed E-state index contributed by atoms with van der Waals surface area (Å²) in [6, 6.07) is 11.7. The molecule has 0 spiro atoms. The molecule has 0 N–H and O–H groups in total. The summed E-state index contributed by atoms with van der Waals surface area (Å²) < 4.78 is 5.17. The lowest BCUT2D eigenvalue weighted by atomic mass is 9.79. The molecule has 3 aromatic heterocycles. The van der Waals surface area contributed by atoms with Crippen molar-refractivity contribution in [3.8, 4) is 0 Å². The van der Waals surface area contributed by atoms with Crippen LogP contribution < -0.4 is 0 Å². The van der Waals surface area contributed by atoms with Gasteiger partial charge in [-0.1, -0.05) is 17.3 Å². The standard InChI is InChI=1S/C23H21N3O3S2/c27-21(15-29-24-14-17-6-2-10-28-17)26-23(20-9-4-12-31-20)19-8-1-5-16(22(19)25-26)13-18-7-3-11-30-18/h2-4,6-7,9-14,19,23H,1,5,8,15H2/b16-13+,24-14+. The second-order valence-corrected chi connectivity index (χ2v) is 9.35. The predicted octanol–water partition coefficient (Wildman–Crippen LogP) is 5.58. The molecule has 4 heterocycles. The Balaban J connectivity index is 1.38. The van der Waals surface area contributed by atoms with E-state index in [0.29, 0.717) is 5.76 Å². The number of rotatable bonds is 6. The molecule has 0 bridgehead atoms. The number of hydrogen-bond acceptors (Lipinski definition) is 7. The lowest BCUT2D eigenvalue weighted by Gasteiger charge is -2.28. The van der Waals surface area contributed by atoms with Crippen LogP contribution >= 0.6 is 22.7 Å². The summed E-state index contributed by atoms with van der Waals surface area (Å²) in [4.78, 5) is 20.7. The second-order valence-electron chi connectivity index (χ2n) is 7.39. The van der Waals surface area contributed by atoms with Gasteiger partial charge in [0.1, 0.15) is 12.0 Å². The zero-order chi connectivity index (χ0) is 21.0. The van der Waals surface area contributed by atoms with Crippen LogP contribution in [0.3, 0.4) is 0 Å². The normalized spacial score (nSPS) is 22.1. The average molecular weight is 452 g/mol. The average Bonchev–Trinajstić information content (AvgIpc) is 3.58. The fourth-order valence-corrected chi connectivity index (χ4v) is 5.66. The molecule has 6 nitrogen and oxygen atoms in total. The van der Waals surface area contributed by atoms with Crippen LogP contribution in [0.25, 0.3) is 6.08 Å². The molecule has 1 amide bonds. The Morgan fingerprint density at radius 2 is 2.16 bits per heavy atom. The smallest absolute Gasteiger partial charge is 0.284 e. The van der Waals surface area contributed by atoms with Crippen molar-refractivity contribution in [3.63, 3.8) is 0 Å². The summed E-state index contributed by atoms with van der Waals surface area (Å²) in [5, 5.41) is 14.4. The molecule has 31 heavy (non-hydrogen) atoms. The number of carbonyl (C=O) groups is 1. The van der Waals surface area contributed by atoms with Gasteiger partial charge in [0.2, 0.25) is 0 Å². The molecule has 5 rings (SSSR count). The minimum Gasteiger partial charge on any atom is -0.463 e. The molecule has 2 unspecified atom stereocenters. The number of amides is 1. The van der Waals surface area contributed by atoms with Crippen LogP contribution in [0.15, 0.2) is 73.7 Å². The summed E-state index contributed by atoms with van der Waals surface area (Å²) in [6.45, 7) is -0.174. The van der Waals surface area contributed by atoms with Crippen molar-refractivity contribution in [1.29, 1.82) is 0 Å². The molecule has 2 atom stereocenters. The van der Waals surface area contributed by atoms with Crippen LogP contribution in [0.1, 0.15) is 40.8 Å². The number of allylic oxidation sites excluding steroid dienone is 1. The summed E-state index contributed by atoms with van der Waals surface area (Å²) in [7, 11) is 0. The van der Waals surface area contributed by atoms with Crippen molar-refractivity contribution in [3.05, 3.63) is 74.5 Å². The van der Waals surface area contributed by atoms with Crippen molar-refractivity contribution in [2.45, 2.75) is 25.3 Å². The number of thiophene rings is 2. The first-order valence-electron chi connectivity index (χ1n) is 10.2. The van der Waals surface area contributed by atoms with Crippen LogP contribution in [-0.4, -0.2) is 29.4 Å². The van der Waals surface area contributed by atoms with Gasteiger partial charge in [-0.2, -0.15) is 5.10 Å². The Kier molecular flexibility index (Phi) is 5.82. The van der Waals surface area contributed by atoms with Gasteiger partial charge >= 0.3 is 0 Å². The van der Waals surface area contributed by atoms with Crippen molar-refractivity contribution in [2.75, 3.05) is 6.61 Å². The van der Waals surface area contributed by atoms with E-state index in [4.69, 9.17) is 14.4 Å². The van der Waals surface area contributed by atoms with E-state index in [0.717, 1.165) is 29.9 Å². The van der Waals surface area contributed by atoms with Crippen LogP contribution in [0.2, 0.25) is 0 Å². The van der Waals surface area contributed by atoms with Gasteiger partial charge in [-0.3, -0.25) is 4.79 Å². The highest BCUT2D eigenvalue weighted by Crippen LogP contribution is 2.45. The molecule has 0 aromatic carbocycles. The van der Waals surface area contributed by atoms with Gasteiger partial charge in [0.15, 0.2) is 6.61 Å². The molecule has 8 heteroatoms. The molecule has 3 aromatic rings. The Morgan fingerprint density at radius 3 is 2.94 bits per heavy atom. The van der Waals surface area contributed by atoms with Gasteiger partial charge in [0.05, 0.1) is 18.0 Å². The molecule has 1 aliphatic carbocycles. The van der Waals surface area contributed by atoms with E-state index in [-0.39, 0.29) is 24.5 Å².